The van der Waals surface area contributed by atoms with Gasteiger partial charge in [-0.25, -0.2) is 0 Å². The number of benzene rings is 2. The van der Waals surface area contributed by atoms with Crippen LogP contribution in [0, 0.1) is 0 Å². The van der Waals surface area contributed by atoms with Crippen molar-refractivity contribution in [3.63, 3.8) is 0 Å². The minimum atomic E-state index is 0.258. The van der Waals surface area contributed by atoms with E-state index in [1.54, 1.807) is 0 Å². The van der Waals surface area contributed by atoms with Gasteiger partial charge in [0.1, 0.15) is 12.2 Å². The quantitative estimate of drug-likeness (QED) is 0.670. The topological polar surface area (TPSA) is 12.5 Å². The van der Waals surface area contributed by atoms with Crippen molar-refractivity contribution in [2.24, 2.45) is 0 Å². The zero-order chi connectivity index (χ0) is 10.1. The lowest BCUT2D eigenvalue weighted by atomic mass is 10.0. The van der Waals surface area contributed by atoms with E-state index in [1.165, 1.54) is 11.1 Å². The van der Waals surface area contributed by atoms with Gasteiger partial charge < -0.3 is 4.74 Å². The van der Waals surface area contributed by atoms with E-state index in [1.807, 2.05) is 12.1 Å². The Morgan fingerprint density at radius 2 is 1.00 bits per heavy atom. The van der Waals surface area contributed by atoms with Crippen LogP contribution >= 0.6 is 0 Å². The lowest BCUT2D eigenvalue weighted by molar-refractivity contribution is 0.377. The normalized spacial score (nSPS) is 23.7. The molecule has 2 aromatic carbocycles. The number of rotatable bonds is 2. The molecule has 0 saturated carbocycles. The van der Waals surface area contributed by atoms with Gasteiger partial charge in [-0.15, -0.1) is 0 Å². The summed E-state index contributed by atoms with van der Waals surface area (Å²) >= 11 is 0. The molecule has 1 fully saturated rings. The molecule has 1 saturated heterocycles. The zero-order valence-corrected chi connectivity index (χ0v) is 8.34. The fraction of sp³-hybridized carbons (Fsp3) is 0.143. The fourth-order valence-corrected chi connectivity index (χ4v) is 1.90. The van der Waals surface area contributed by atoms with Gasteiger partial charge >= 0.3 is 0 Å². The van der Waals surface area contributed by atoms with Crippen molar-refractivity contribution in [3.8, 4) is 0 Å². The highest BCUT2D eigenvalue weighted by atomic mass is 16.6. The maximum Gasteiger partial charge on any atom is 0.114 e. The van der Waals surface area contributed by atoms with Gasteiger partial charge in [0.2, 0.25) is 0 Å². The van der Waals surface area contributed by atoms with Crippen LogP contribution in [-0.4, -0.2) is 0 Å². The number of hydrogen-bond donors (Lipinski definition) is 0. The molecule has 1 nitrogen and oxygen atoms in total. The van der Waals surface area contributed by atoms with Crippen molar-refractivity contribution in [2.75, 3.05) is 0 Å². The molecule has 74 valence electrons. The maximum absolute atomic E-state index is 5.69. The van der Waals surface area contributed by atoms with Crippen molar-refractivity contribution >= 4 is 0 Å². The Kier molecular flexibility index (Phi) is 2.04. The van der Waals surface area contributed by atoms with Crippen molar-refractivity contribution in [1.29, 1.82) is 0 Å². The van der Waals surface area contributed by atoms with Crippen molar-refractivity contribution in [2.45, 2.75) is 12.2 Å². The summed E-state index contributed by atoms with van der Waals surface area (Å²) in [7, 11) is 0. The summed E-state index contributed by atoms with van der Waals surface area (Å²) in [5, 5.41) is 0. The highest BCUT2D eigenvalue weighted by molar-refractivity contribution is 5.29. The molecule has 0 spiro atoms. The third-order valence-electron chi connectivity index (χ3n) is 2.75. The van der Waals surface area contributed by atoms with Crippen molar-refractivity contribution in [3.05, 3.63) is 71.8 Å². The summed E-state index contributed by atoms with van der Waals surface area (Å²) in [5.41, 5.74) is 2.54. The number of hydrogen-bond acceptors (Lipinski definition) is 1. The van der Waals surface area contributed by atoms with E-state index >= 15 is 0 Å². The minimum Gasteiger partial charge on any atom is -0.359 e. The van der Waals surface area contributed by atoms with Crippen LogP contribution in [0.2, 0.25) is 0 Å². The maximum atomic E-state index is 5.69. The Labute approximate surface area is 89.3 Å². The average Bonchev–Trinajstić information content (AvgIpc) is 3.11. The van der Waals surface area contributed by atoms with Crippen LogP contribution in [0.4, 0.5) is 0 Å². The third-order valence-corrected chi connectivity index (χ3v) is 2.75. The monoisotopic (exact) mass is 196 g/mol. The van der Waals surface area contributed by atoms with E-state index in [0.717, 1.165) is 0 Å². The standard InChI is InChI=1S/C14H12O/c1-3-7-11(8-4-1)13-14(15-13)12-9-5-2-6-10-12/h1-10,13-14H/t13-,14-/m1/s1. The number of ether oxygens (including phenoxy) is 1. The van der Waals surface area contributed by atoms with E-state index < -0.39 is 0 Å². The second-order valence-electron chi connectivity index (χ2n) is 3.80. The first-order valence-electron chi connectivity index (χ1n) is 5.20. The fourth-order valence-electron chi connectivity index (χ4n) is 1.90. The minimum absolute atomic E-state index is 0.258. The van der Waals surface area contributed by atoms with Crippen LogP contribution in [0.3, 0.4) is 0 Å². The van der Waals surface area contributed by atoms with Gasteiger partial charge in [0.25, 0.3) is 0 Å². The first kappa shape index (κ1) is 8.69. The molecule has 2 atom stereocenters. The van der Waals surface area contributed by atoms with Gasteiger partial charge in [-0.2, -0.15) is 0 Å². The molecule has 0 aliphatic carbocycles. The Bertz CT molecular complexity index is 392. The highest BCUT2D eigenvalue weighted by Crippen LogP contribution is 2.50. The number of epoxide rings is 1. The van der Waals surface area contributed by atoms with Gasteiger partial charge in [0.05, 0.1) is 0 Å². The molecule has 2 aromatic rings. The summed E-state index contributed by atoms with van der Waals surface area (Å²) in [6, 6.07) is 20.8. The Hall–Kier alpha value is -1.60. The van der Waals surface area contributed by atoms with Crippen LogP contribution in [0.15, 0.2) is 60.7 Å². The Balaban J connectivity index is 1.81. The second-order valence-corrected chi connectivity index (χ2v) is 3.80. The van der Waals surface area contributed by atoms with Crippen molar-refractivity contribution < 1.29 is 4.74 Å². The van der Waals surface area contributed by atoms with Gasteiger partial charge in [0.15, 0.2) is 0 Å². The van der Waals surface area contributed by atoms with Gasteiger partial charge in [-0.3, -0.25) is 0 Å². The Morgan fingerprint density at radius 1 is 0.600 bits per heavy atom. The average molecular weight is 196 g/mol. The summed E-state index contributed by atoms with van der Waals surface area (Å²) in [5.74, 6) is 0. The Morgan fingerprint density at radius 3 is 1.40 bits per heavy atom. The van der Waals surface area contributed by atoms with E-state index in [0.29, 0.717) is 0 Å². The van der Waals surface area contributed by atoms with E-state index in [2.05, 4.69) is 48.5 Å². The third kappa shape index (κ3) is 1.66. The molecule has 0 radical (unpaired) electrons. The van der Waals surface area contributed by atoms with Crippen LogP contribution in [0.25, 0.3) is 0 Å². The lowest BCUT2D eigenvalue weighted by Gasteiger charge is -1.95. The van der Waals surface area contributed by atoms with Crippen LogP contribution < -0.4 is 0 Å². The van der Waals surface area contributed by atoms with Crippen LogP contribution in [-0.2, 0) is 4.74 Å². The van der Waals surface area contributed by atoms with Gasteiger partial charge in [-0.05, 0) is 11.1 Å². The van der Waals surface area contributed by atoms with Gasteiger partial charge in [0, 0.05) is 0 Å². The largest absolute Gasteiger partial charge is 0.359 e. The molecular weight excluding hydrogens is 184 g/mol. The molecule has 0 aromatic heterocycles. The van der Waals surface area contributed by atoms with Crippen LogP contribution in [0.5, 0.6) is 0 Å². The van der Waals surface area contributed by atoms with Crippen LogP contribution in [0.1, 0.15) is 23.3 Å². The molecular formula is C14H12O. The van der Waals surface area contributed by atoms with Gasteiger partial charge in [-0.1, -0.05) is 60.7 Å². The molecule has 15 heavy (non-hydrogen) atoms. The van der Waals surface area contributed by atoms with E-state index in [-0.39, 0.29) is 12.2 Å². The van der Waals surface area contributed by atoms with Crippen molar-refractivity contribution in [1.82, 2.24) is 0 Å². The first-order valence-corrected chi connectivity index (χ1v) is 5.20. The summed E-state index contributed by atoms with van der Waals surface area (Å²) in [6.45, 7) is 0. The van der Waals surface area contributed by atoms with E-state index in [9.17, 15) is 0 Å². The molecule has 1 aliphatic heterocycles. The zero-order valence-electron chi connectivity index (χ0n) is 8.34. The summed E-state index contributed by atoms with van der Waals surface area (Å²) in [6.07, 6.45) is 0.516. The molecule has 0 N–H and O–H groups in total. The van der Waals surface area contributed by atoms with E-state index in [4.69, 9.17) is 4.74 Å². The molecule has 1 heteroatoms. The molecule has 0 bridgehead atoms. The molecule has 1 heterocycles. The second kappa shape index (κ2) is 3.52. The lowest BCUT2D eigenvalue weighted by Crippen LogP contribution is -1.82. The SMILES string of the molecule is c1ccc([C@H]2O[C@@H]2c2ccccc2)cc1. The highest BCUT2D eigenvalue weighted by Gasteiger charge is 2.40. The summed E-state index contributed by atoms with van der Waals surface area (Å²) < 4.78 is 5.69. The predicted molar refractivity (Wildman–Crippen MR) is 59.5 cm³/mol. The molecule has 1 aliphatic rings. The summed E-state index contributed by atoms with van der Waals surface area (Å²) in [4.78, 5) is 0. The molecule has 0 unspecified atom stereocenters. The molecule has 3 rings (SSSR count). The smallest absolute Gasteiger partial charge is 0.114 e. The molecule has 0 amide bonds. The first-order chi connectivity index (χ1) is 7.45. The predicted octanol–water partition coefficient (Wildman–Crippen LogP) is 3.50.